The molecule has 144 valence electrons. The number of amides is 1. The molecule has 1 aromatic rings. The predicted molar refractivity (Wildman–Crippen MR) is 101 cm³/mol. The summed E-state index contributed by atoms with van der Waals surface area (Å²) in [4.78, 5) is 31.0. The van der Waals surface area contributed by atoms with Gasteiger partial charge in [-0.1, -0.05) is 13.8 Å². The van der Waals surface area contributed by atoms with E-state index >= 15 is 0 Å². The third-order valence-electron chi connectivity index (χ3n) is 5.91. The Balaban J connectivity index is 1.76. The number of nitrogens with one attached hydrogen (secondary N) is 1. The molecule has 2 aliphatic rings. The number of aryl methyl sites for hydroxylation is 1. The second kappa shape index (κ2) is 7.64. The van der Waals surface area contributed by atoms with Crippen molar-refractivity contribution >= 4 is 23.2 Å². The number of nitrogens with zero attached hydrogens (tertiary/aromatic N) is 2. The minimum Gasteiger partial charge on any atom is -0.480 e. The molecule has 3 rings (SSSR count). The van der Waals surface area contributed by atoms with Gasteiger partial charge in [0.05, 0.1) is 29.2 Å². The Labute approximate surface area is 159 Å². The molecule has 0 aromatic carbocycles. The SMILES string of the molecule is Cc1nc(CNC(=O)[C@@]2(CCC(C)C)C[C@H]3CC[C@@H]2N3CC(=O)O)cs1. The second-order valence-corrected chi connectivity index (χ2v) is 9.21. The van der Waals surface area contributed by atoms with Gasteiger partial charge in [0.1, 0.15) is 0 Å². The van der Waals surface area contributed by atoms with Gasteiger partial charge in [-0.2, -0.15) is 0 Å². The largest absolute Gasteiger partial charge is 0.480 e. The summed E-state index contributed by atoms with van der Waals surface area (Å²) in [6, 6.07) is 0.259. The highest BCUT2D eigenvalue weighted by molar-refractivity contribution is 7.09. The zero-order valence-corrected chi connectivity index (χ0v) is 16.6. The normalized spacial score (nSPS) is 28.0. The third kappa shape index (κ3) is 3.78. The highest BCUT2D eigenvalue weighted by Gasteiger charge is 2.59. The summed E-state index contributed by atoms with van der Waals surface area (Å²) in [5, 5.41) is 15.4. The predicted octanol–water partition coefficient (Wildman–Crippen LogP) is 2.81. The maximum atomic E-state index is 13.3. The number of thiazole rings is 1. The van der Waals surface area contributed by atoms with Crippen LogP contribution < -0.4 is 5.32 Å². The molecule has 2 aliphatic heterocycles. The number of carboxylic acid groups (broad SMARTS) is 1. The van der Waals surface area contributed by atoms with E-state index in [9.17, 15) is 14.7 Å². The first-order chi connectivity index (χ1) is 12.3. The molecule has 2 bridgehead atoms. The summed E-state index contributed by atoms with van der Waals surface area (Å²) in [5.41, 5.74) is 0.429. The fraction of sp³-hybridized carbons (Fsp3) is 0.737. The second-order valence-electron chi connectivity index (χ2n) is 8.15. The van der Waals surface area contributed by atoms with Crippen LogP contribution in [0, 0.1) is 18.3 Å². The highest BCUT2D eigenvalue weighted by atomic mass is 32.1. The Bertz CT molecular complexity index is 675. The Kier molecular flexibility index (Phi) is 5.67. The monoisotopic (exact) mass is 379 g/mol. The summed E-state index contributed by atoms with van der Waals surface area (Å²) in [6.07, 6.45) is 4.50. The molecule has 0 aliphatic carbocycles. The van der Waals surface area contributed by atoms with E-state index in [0.29, 0.717) is 12.5 Å². The third-order valence-corrected chi connectivity index (χ3v) is 6.74. The summed E-state index contributed by atoms with van der Waals surface area (Å²) < 4.78 is 0. The lowest BCUT2D eigenvalue weighted by atomic mass is 9.69. The first-order valence-electron chi connectivity index (χ1n) is 9.48. The molecule has 1 amide bonds. The van der Waals surface area contributed by atoms with E-state index in [4.69, 9.17) is 0 Å². The molecule has 0 spiro atoms. The van der Waals surface area contributed by atoms with Gasteiger partial charge in [-0.15, -0.1) is 11.3 Å². The summed E-state index contributed by atoms with van der Waals surface area (Å²) in [5.74, 6) is -0.209. The van der Waals surface area contributed by atoms with Crippen LogP contribution in [0.5, 0.6) is 0 Å². The first kappa shape index (κ1) is 19.3. The van der Waals surface area contributed by atoms with Gasteiger partial charge in [-0.3, -0.25) is 14.5 Å². The highest BCUT2D eigenvalue weighted by Crippen LogP contribution is 2.52. The van der Waals surface area contributed by atoms with Crippen LogP contribution in [0.2, 0.25) is 0 Å². The van der Waals surface area contributed by atoms with E-state index in [-0.39, 0.29) is 24.5 Å². The molecular formula is C19H29N3O3S. The van der Waals surface area contributed by atoms with Crippen molar-refractivity contribution in [1.82, 2.24) is 15.2 Å². The summed E-state index contributed by atoms with van der Waals surface area (Å²) in [6.45, 7) is 6.79. The number of fused-ring (bicyclic) bond motifs is 2. The van der Waals surface area contributed by atoms with E-state index < -0.39 is 11.4 Å². The maximum absolute atomic E-state index is 13.3. The summed E-state index contributed by atoms with van der Waals surface area (Å²) >= 11 is 1.59. The number of carboxylic acids is 1. The molecule has 0 unspecified atom stereocenters. The molecule has 2 fully saturated rings. The fourth-order valence-corrected chi connectivity index (χ4v) is 5.32. The molecular weight excluding hydrogens is 350 g/mol. The minimum atomic E-state index is -0.806. The van der Waals surface area contributed by atoms with Crippen molar-refractivity contribution in [3.8, 4) is 0 Å². The van der Waals surface area contributed by atoms with Gasteiger partial charge in [0.15, 0.2) is 0 Å². The van der Waals surface area contributed by atoms with Gasteiger partial charge in [0.25, 0.3) is 0 Å². The first-order valence-corrected chi connectivity index (χ1v) is 10.4. The van der Waals surface area contributed by atoms with Gasteiger partial charge in [0.2, 0.25) is 5.91 Å². The van der Waals surface area contributed by atoms with Crippen molar-refractivity contribution in [2.45, 2.75) is 71.5 Å². The molecule has 0 radical (unpaired) electrons. The topological polar surface area (TPSA) is 82.5 Å². The Hall–Kier alpha value is -1.47. The average Bonchev–Trinajstić information content (AvgIpc) is 3.24. The smallest absolute Gasteiger partial charge is 0.317 e. The van der Waals surface area contributed by atoms with Crippen molar-refractivity contribution in [2.75, 3.05) is 6.54 Å². The Morgan fingerprint density at radius 1 is 1.46 bits per heavy atom. The van der Waals surface area contributed by atoms with Gasteiger partial charge in [0, 0.05) is 17.5 Å². The van der Waals surface area contributed by atoms with E-state index in [2.05, 4.69) is 29.0 Å². The number of carbonyl (C=O) groups excluding carboxylic acids is 1. The van der Waals surface area contributed by atoms with E-state index in [1.807, 2.05) is 12.3 Å². The molecule has 2 saturated heterocycles. The van der Waals surface area contributed by atoms with Crippen LogP contribution in [0.3, 0.4) is 0 Å². The lowest BCUT2D eigenvalue weighted by molar-refractivity contribution is -0.140. The van der Waals surface area contributed by atoms with Gasteiger partial charge in [-0.05, 0) is 44.9 Å². The number of rotatable bonds is 8. The number of aromatic nitrogens is 1. The van der Waals surface area contributed by atoms with Crippen LogP contribution in [0.1, 0.15) is 56.7 Å². The maximum Gasteiger partial charge on any atom is 0.317 e. The van der Waals surface area contributed by atoms with Crippen molar-refractivity contribution in [2.24, 2.45) is 11.3 Å². The lowest BCUT2D eigenvalue weighted by Crippen LogP contribution is -2.49. The Morgan fingerprint density at radius 2 is 2.23 bits per heavy atom. The molecule has 3 atom stereocenters. The van der Waals surface area contributed by atoms with Crippen molar-refractivity contribution in [1.29, 1.82) is 0 Å². The van der Waals surface area contributed by atoms with Crippen molar-refractivity contribution in [3.63, 3.8) is 0 Å². The average molecular weight is 380 g/mol. The van der Waals surface area contributed by atoms with Crippen LogP contribution in [-0.4, -0.2) is 45.5 Å². The van der Waals surface area contributed by atoms with Crippen LogP contribution >= 0.6 is 11.3 Å². The minimum absolute atomic E-state index is 0.0390. The quantitative estimate of drug-likeness (QED) is 0.726. The molecule has 1 aromatic heterocycles. The van der Waals surface area contributed by atoms with Crippen LogP contribution in [-0.2, 0) is 16.1 Å². The fourth-order valence-electron chi connectivity index (χ4n) is 4.71. The number of aliphatic carboxylic acids is 1. The van der Waals surface area contributed by atoms with Crippen molar-refractivity contribution in [3.05, 3.63) is 16.1 Å². The lowest BCUT2D eigenvalue weighted by Gasteiger charge is -2.36. The molecule has 6 nitrogen and oxygen atoms in total. The zero-order valence-electron chi connectivity index (χ0n) is 15.8. The number of carbonyl (C=O) groups is 2. The standard InChI is InChI=1S/C19H29N3O3S/c1-12(2)6-7-19(18(25)20-9-14-11-26-13(3)21-14)8-15-4-5-16(19)22(15)10-17(23)24/h11-12,15-16H,4-10H2,1-3H3,(H,20,25)(H,23,24)/t15-,16+,19+/m1/s1. The van der Waals surface area contributed by atoms with E-state index in [0.717, 1.165) is 42.8 Å². The van der Waals surface area contributed by atoms with E-state index in [1.165, 1.54) is 0 Å². The zero-order chi connectivity index (χ0) is 18.9. The molecule has 7 heteroatoms. The van der Waals surface area contributed by atoms with Gasteiger partial charge < -0.3 is 10.4 Å². The molecule has 2 N–H and O–H groups in total. The van der Waals surface area contributed by atoms with Crippen LogP contribution in [0.25, 0.3) is 0 Å². The number of hydrogen-bond acceptors (Lipinski definition) is 5. The number of hydrogen-bond donors (Lipinski definition) is 2. The van der Waals surface area contributed by atoms with E-state index in [1.54, 1.807) is 11.3 Å². The molecule has 0 saturated carbocycles. The van der Waals surface area contributed by atoms with Crippen LogP contribution in [0.4, 0.5) is 0 Å². The molecule has 26 heavy (non-hydrogen) atoms. The Morgan fingerprint density at radius 3 is 2.85 bits per heavy atom. The van der Waals surface area contributed by atoms with Crippen LogP contribution in [0.15, 0.2) is 5.38 Å². The van der Waals surface area contributed by atoms with Crippen molar-refractivity contribution < 1.29 is 14.7 Å². The summed E-state index contributed by atoms with van der Waals surface area (Å²) in [7, 11) is 0. The van der Waals surface area contributed by atoms with Gasteiger partial charge >= 0.3 is 5.97 Å². The van der Waals surface area contributed by atoms with Gasteiger partial charge in [-0.25, -0.2) is 4.98 Å². The molecule has 3 heterocycles.